The molecule has 1 amide bonds. The smallest absolute Gasteiger partial charge is 0.308 e. The highest BCUT2D eigenvalue weighted by molar-refractivity contribution is 5.99. The molecule has 1 fully saturated rings. The standard InChI is InChI=1S/C16H19NO3/c1-2-20-15(18)9-14-12-5-3-4-6-13(12)16(19)17(14)10-11-7-8-11/h3-6,11,14H,2,7-10H2,1H3. The monoisotopic (exact) mass is 273 g/mol. The average Bonchev–Trinajstić information content (AvgIpc) is 3.22. The summed E-state index contributed by atoms with van der Waals surface area (Å²) in [7, 11) is 0. The van der Waals surface area contributed by atoms with Crippen LogP contribution in [0.2, 0.25) is 0 Å². The highest BCUT2D eigenvalue weighted by atomic mass is 16.5. The fourth-order valence-electron chi connectivity index (χ4n) is 2.83. The number of amides is 1. The van der Waals surface area contributed by atoms with Gasteiger partial charge in [-0.3, -0.25) is 9.59 Å². The van der Waals surface area contributed by atoms with Crippen LogP contribution in [0, 0.1) is 5.92 Å². The van der Waals surface area contributed by atoms with Crippen molar-refractivity contribution in [2.75, 3.05) is 13.2 Å². The van der Waals surface area contributed by atoms with Crippen molar-refractivity contribution in [1.82, 2.24) is 4.90 Å². The number of esters is 1. The minimum atomic E-state index is -0.234. The molecule has 2 aliphatic rings. The van der Waals surface area contributed by atoms with Gasteiger partial charge in [0.15, 0.2) is 0 Å². The molecule has 1 unspecified atom stereocenters. The number of fused-ring (bicyclic) bond motifs is 1. The highest BCUT2D eigenvalue weighted by Crippen LogP contribution is 2.40. The van der Waals surface area contributed by atoms with E-state index in [0.717, 1.165) is 17.7 Å². The first kappa shape index (κ1) is 13.2. The zero-order chi connectivity index (χ0) is 14.1. The number of carbonyl (C=O) groups excluding carboxylic acids is 2. The maximum Gasteiger partial charge on any atom is 0.308 e. The molecule has 1 aliphatic carbocycles. The first-order valence-corrected chi connectivity index (χ1v) is 7.26. The summed E-state index contributed by atoms with van der Waals surface area (Å²) in [5.74, 6) is 0.433. The zero-order valence-corrected chi connectivity index (χ0v) is 11.7. The van der Waals surface area contributed by atoms with Gasteiger partial charge in [-0.05, 0) is 37.3 Å². The Morgan fingerprint density at radius 1 is 1.35 bits per heavy atom. The van der Waals surface area contributed by atoms with Gasteiger partial charge in [0.05, 0.1) is 19.1 Å². The minimum absolute atomic E-state index is 0.0572. The summed E-state index contributed by atoms with van der Waals surface area (Å²) in [4.78, 5) is 26.1. The van der Waals surface area contributed by atoms with Gasteiger partial charge in [0.1, 0.15) is 0 Å². The van der Waals surface area contributed by atoms with Gasteiger partial charge >= 0.3 is 5.97 Å². The summed E-state index contributed by atoms with van der Waals surface area (Å²) in [5, 5.41) is 0. The first-order valence-electron chi connectivity index (χ1n) is 7.26. The van der Waals surface area contributed by atoms with Crippen molar-refractivity contribution in [3.63, 3.8) is 0 Å². The number of benzene rings is 1. The summed E-state index contributed by atoms with van der Waals surface area (Å²) in [6.45, 7) is 2.94. The average molecular weight is 273 g/mol. The van der Waals surface area contributed by atoms with E-state index in [2.05, 4.69) is 0 Å². The Balaban J connectivity index is 1.85. The lowest BCUT2D eigenvalue weighted by atomic mass is 10.0. The molecule has 4 nitrogen and oxygen atoms in total. The Hall–Kier alpha value is -1.84. The molecule has 20 heavy (non-hydrogen) atoms. The van der Waals surface area contributed by atoms with Gasteiger partial charge in [-0.25, -0.2) is 0 Å². The van der Waals surface area contributed by atoms with Crippen LogP contribution in [-0.4, -0.2) is 29.9 Å². The zero-order valence-electron chi connectivity index (χ0n) is 11.7. The second-order valence-corrected chi connectivity index (χ2v) is 5.51. The first-order chi connectivity index (χ1) is 9.70. The van der Waals surface area contributed by atoms with Gasteiger partial charge in [-0.15, -0.1) is 0 Å². The Morgan fingerprint density at radius 2 is 2.10 bits per heavy atom. The number of ether oxygens (including phenoxy) is 1. The van der Waals surface area contributed by atoms with Gasteiger partial charge in [0.25, 0.3) is 5.91 Å². The predicted molar refractivity (Wildman–Crippen MR) is 74.2 cm³/mol. The molecule has 0 bridgehead atoms. The van der Waals surface area contributed by atoms with Crippen molar-refractivity contribution < 1.29 is 14.3 Å². The molecule has 1 heterocycles. The van der Waals surface area contributed by atoms with Crippen LogP contribution < -0.4 is 0 Å². The number of carbonyl (C=O) groups is 2. The molecule has 0 aromatic heterocycles. The van der Waals surface area contributed by atoms with Crippen LogP contribution >= 0.6 is 0 Å². The van der Waals surface area contributed by atoms with Crippen LogP contribution in [0.4, 0.5) is 0 Å². The van der Waals surface area contributed by atoms with E-state index in [1.807, 2.05) is 29.2 Å². The third kappa shape index (κ3) is 2.42. The minimum Gasteiger partial charge on any atom is -0.466 e. The maximum absolute atomic E-state index is 12.5. The van der Waals surface area contributed by atoms with E-state index < -0.39 is 0 Å². The van der Waals surface area contributed by atoms with E-state index in [1.54, 1.807) is 6.92 Å². The molecule has 0 spiro atoms. The van der Waals surface area contributed by atoms with Crippen LogP contribution in [0.5, 0.6) is 0 Å². The van der Waals surface area contributed by atoms with E-state index in [0.29, 0.717) is 12.5 Å². The molecule has 1 aromatic rings. The fraction of sp³-hybridized carbons (Fsp3) is 0.500. The molecule has 106 valence electrons. The lowest BCUT2D eigenvalue weighted by Gasteiger charge is -2.24. The van der Waals surface area contributed by atoms with E-state index in [9.17, 15) is 9.59 Å². The second-order valence-electron chi connectivity index (χ2n) is 5.51. The Kier molecular flexibility index (Phi) is 3.47. The van der Waals surface area contributed by atoms with Crippen molar-refractivity contribution in [3.05, 3.63) is 35.4 Å². The van der Waals surface area contributed by atoms with Crippen LogP contribution in [0.15, 0.2) is 24.3 Å². The van der Waals surface area contributed by atoms with Gasteiger partial charge in [0, 0.05) is 12.1 Å². The summed E-state index contributed by atoms with van der Waals surface area (Å²) in [5.41, 5.74) is 1.70. The number of hydrogen-bond acceptors (Lipinski definition) is 3. The summed E-state index contributed by atoms with van der Waals surface area (Å²) in [6.07, 6.45) is 2.63. The molecular formula is C16H19NO3. The topological polar surface area (TPSA) is 46.6 Å². The molecule has 1 saturated carbocycles. The predicted octanol–water partition coefficient (Wildman–Crippen LogP) is 2.55. The molecule has 1 aliphatic heterocycles. The van der Waals surface area contributed by atoms with E-state index in [4.69, 9.17) is 4.74 Å². The van der Waals surface area contributed by atoms with E-state index >= 15 is 0 Å². The van der Waals surface area contributed by atoms with Crippen molar-refractivity contribution in [2.45, 2.75) is 32.2 Å². The normalized spacial score (nSPS) is 20.9. The van der Waals surface area contributed by atoms with Gasteiger partial charge in [-0.1, -0.05) is 18.2 Å². The van der Waals surface area contributed by atoms with Crippen LogP contribution in [0.25, 0.3) is 0 Å². The van der Waals surface area contributed by atoms with Crippen LogP contribution in [-0.2, 0) is 9.53 Å². The second kappa shape index (κ2) is 5.27. The molecule has 1 aromatic carbocycles. The third-order valence-corrected chi connectivity index (χ3v) is 4.00. The Labute approximate surface area is 118 Å². The van der Waals surface area contributed by atoms with Crippen molar-refractivity contribution in [1.29, 1.82) is 0 Å². The molecule has 3 rings (SSSR count). The van der Waals surface area contributed by atoms with Crippen molar-refractivity contribution in [3.8, 4) is 0 Å². The SMILES string of the molecule is CCOC(=O)CC1c2ccccc2C(=O)N1CC1CC1. The highest BCUT2D eigenvalue weighted by Gasteiger charge is 2.40. The summed E-state index contributed by atoms with van der Waals surface area (Å²) in [6, 6.07) is 7.44. The van der Waals surface area contributed by atoms with E-state index in [1.165, 1.54) is 12.8 Å². The number of nitrogens with zero attached hydrogens (tertiary/aromatic N) is 1. The molecular weight excluding hydrogens is 254 g/mol. The lowest BCUT2D eigenvalue weighted by Crippen LogP contribution is -2.31. The Morgan fingerprint density at radius 3 is 2.80 bits per heavy atom. The lowest BCUT2D eigenvalue weighted by molar-refractivity contribution is -0.144. The molecule has 0 saturated heterocycles. The number of hydrogen-bond donors (Lipinski definition) is 0. The molecule has 0 N–H and O–H groups in total. The van der Waals surface area contributed by atoms with Gasteiger partial charge in [-0.2, -0.15) is 0 Å². The quantitative estimate of drug-likeness (QED) is 0.775. The van der Waals surface area contributed by atoms with E-state index in [-0.39, 0.29) is 24.3 Å². The molecule has 0 radical (unpaired) electrons. The summed E-state index contributed by atoms with van der Waals surface area (Å²) >= 11 is 0. The fourth-order valence-corrected chi connectivity index (χ4v) is 2.83. The van der Waals surface area contributed by atoms with Crippen LogP contribution in [0.1, 0.15) is 48.1 Å². The van der Waals surface area contributed by atoms with Gasteiger partial charge < -0.3 is 9.64 Å². The third-order valence-electron chi connectivity index (χ3n) is 4.00. The largest absolute Gasteiger partial charge is 0.466 e. The summed E-state index contributed by atoms with van der Waals surface area (Å²) < 4.78 is 5.05. The Bertz CT molecular complexity index is 536. The van der Waals surface area contributed by atoms with Crippen molar-refractivity contribution in [2.24, 2.45) is 5.92 Å². The van der Waals surface area contributed by atoms with Gasteiger partial charge in [0.2, 0.25) is 0 Å². The molecule has 4 heteroatoms. The number of rotatable bonds is 5. The molecule has 1 atom stereocenters. The van der Waals surface area contributed by atoms with Crippen LogP contribution in [0.3, 0.4) is 0 Å². The maximum atomic E-state index is 12.5. The van der Waals surface area contributed by atoms with Crippen molar-refractivity contribution >= 4 is 11.9 Å².